The molecule has 6 heteroatoms. The maximum absolute atomic E-state index is 12.0. The molecular formula is C17H14ClN3OS. The SMILES string of the molecule is O=C(CCc1ccccc1Cl)Nc1nc(-c2ccccn2)cs1. The number of benzene rings is 1. The van der Waals surface area contributed by atoms with Crippen molar-refractivity contribution in [2.45, 2.75) is 12.8 Å². The van der Waals surface area contributed by atoms with Crippen LogP contribution >= 0.6 is 22.9 Å². The monoisotopic (exact) mass is 343 g/mol. The average molecular weight is 344 g/mol. The van der Waals surface area contributed by atoms with Crippen LogP contribution in [0.5, 0.6) is 0 Å². The van der Waals surface area contributed by atoms with Crippen molar-refractivity contribution in [3.63, 3.8) is 0 Å². The summed E-state index contributed by atoms with van der Waals surface area (Å²) >= 11 is 7.48. The van der Waals surface area contributed by atoms with E-state index in [1.54, 1.807) is 6.20 Å². The minimum Gasteiger partial charge on any atom is -0.302 e. The molecule has 0 unspecified atom stereocenters. The molecule has 0 saturated heterocycles. The fraction of sp³-hybridized carbons (Fsp3) is 0.118. The number of nitrogens with one attached hydrogen (secondary N) is 1. The van der Waals surface area contributed by atoms with Crippen LogP contribution in [-0.2, 0) is 11.2 Å². The topological polar surface area (TPSA) is 54.9 Å². The number of rotatable bonds is 5. The van der Waals surface area contributed by atoms with E-state index in [1.807, 2.05) is 47.8 Å². The standard InChI is InChI=1S/C17H14ClN3OS/c18-13-6-2-1-5-12(13)8-9-16(22)21-17-20-15(11-23-17)14-7-3-4-10-19-14/h1-7,10-11H,8-9H2,(H,20,21,22). The van der Waals surface area contributed by atoms with Crippen molar-refractivity contribution in [3.05, 3.63) is 64.6 Å². The van der Waals surface area contributed by atoms with E-state index in [0.717, 1.165) is 17.0 Å². The molecule has 3 aromatic rings. The predicted molar refractivity (Wildman–Crippen MR) is 93.7 cm³/mol. The van der Waals surface area contributed by atoms with Crippen molar-refractivity contribution in [3.8, 4) is 11.4 Å². The van der Waals surface area contributed by atoms with Gasteiger partial charge in [0.2, 0.25) is 5.91 Å². The van der Waals surface area contributed by atoms with Crippen molar-refractivity contribution < 1.29 is 4.79 Å². The first-order valence-corrected chi connectivity index (χ1v) is 8.38. The lowest BCUT2D eigenvalue weighted by Gasteiger charge is -2.04. The third kappa shape index (κ3) is 4.15. The van der Waals surface area contributed by atoms with Gasteiger partial charge in [-0.1, -0.05) is 35.9 Å². The van der Waals surface area contributed by atoms with Gasteiger partial charge in [0.15, 0.2) is 5.13 Å². The van der Waals surface area contributed by atoms with E-state index in [1.165, 1.54) is 11.3 Å². The highest BCUT2D eigenvalue weighted by Crippen LogP contribution is 2.23. The minimum absolute atomic E-state index is 0.0770. The van der Waals surface area contributed by atoms with Crippen LogP contribution in [-0.4, -0.2) is 15.9 Å². The zero-order chi connectivity index (χ0) is 16.1. The summed E-state index contributed by atoms with van der Waals surface area (Å²) in [7, 11) is 0. The average Bonchev–Trinajstić information content (AvgIpc) is 3.03. The van der Waals surface area contributed by atoms with Gasteiger partial charge in [-0.05, 0) is 30.2 Å². The number of halogens is 1. The van der Waals surface area contributed by atoms with Crippen LogP contribution in [0.1, 0.15) is 12.0 Å². The first-order chi connectivity index (χ1) is 11.2. The molecule has 3 rings (SSSR count). The largest absolute Gasteiger partial charge is 0.302 e. The third-order valence-corrected chi connectivity index (χ3v) is 4.38. The van der Waals surface area contributed by atoms with E-state index in [2.05, 4.69) is 15.3 Å². The van der Waals surface area contributed by atoms with Crippen molar-refractivity contribution >= 4 is 34.0 Å². The molecular weight excluding hydrogens is 330 g/mol. The Balaban J connectivity index is 1.58. The zero-order valence-electron chi connectivity index (χ0n) is 12.2. The molecule has 0 aliphatic rings. The summed E-state index contributed by atoms with van der Waals surface area (Å²) in [5, 5.41) is 5.97. The number of hydrogen-bond acceptors (Lipinski definition) is 4. The van der Waals surface area contributed by atoms with Gasteiger partial charge in [-0.15, -0.1) is 11.3 Å². The molecule has 0 bridgehead atoms. The van der Waals surface area contributed by atoms with Gasteiger partial charge in [0.05, 0.1) is 5.69 Å². The fourth-order valence-electron chi connectivity index (χ4n) is 2.09. The van der Waals surface area contributed by atoms with Gasteiger partial charge in [0.1, 0.15) is 5.69 Å². The lowest BCUT2D eigenvalue weighted by Crippen LogP contribution is -2.12. The first kappa shape index (κ1) is 15.6. The Morgan fingerprint density at radius 1 is 1.13 bits per heavy atom. The Bertz CT molecular complexity index is 804. The molecule has 0 fully saturated rings. The van der Waals surface area contributed by atoms with Crippen LogP contribution < -0.4 is 5.32 Å². The Morgan fingerprint density at radius 2 is 1.96 bits per heavy atom. The summed E-state index contributed by atoms with van der Waals surface area (Å²) in [4.78, 5) is 20.7. The van der Waals surface area contributed by atoms with Gasteiger partial charge in [-0.2, -0.15) is 0 Å². The van der Waals surface area contributed by atoms with E-state index < -0.39 is 0 Å². The Labute approximate surface area is 143 Å². The summed E-state index contributed by atoms with van der Waals surface area (Å²) in [6.07, 6.45) is 2.68. The van der Waals surface area contributed by atoms with Crippen molar-refractivity contribution in [1.82, 2.24) is 9.97 Å². The highest BCUT2D eigenvalue weighted by Gasteiger charge is 2.09. The summed E-state index contributed by atoms with van der Waals surface area (Å²) in [6, 6.07) is 13.2. The van der Waals surface area contributed by atoms with E-state index in [9.17, 15) is 4.79 Å². The third-order valence-electron chi connectivity index (χ3n) is 3.26. The van der Waals surface area contributed by atoms with E-state index in [4.69, 9.17) is 11.6 Å². The van der Waals surface area contributed by atoms with Crippen LogP contribution in [0.3, 0.4) is 0 Å². The van der Waals surface area contributed by atoms with E-state index in [0.29, 0.717) is 23.0 Å². The summed E-state index contributed by atoms with van der Waals surface area (Å²) < 4.78 is 0. The maximum Gasteiger partial charge on any atom is 0.226 e. The number of carbonyl (C=O) groups excluding carboxylic acids is 1. The Kier molecular flexibility index (Phi) is 5.00. The number of hydrogen-bond donors (Lipinski definition) is 1. The number of pyridine rings is 1. The van der Waals surface area contributed by atoms with Gasteiger partial charge < -0.3 is 5.32 Å². The molecule has 0 saturated carbocycles. The number of carbonyl (C=O) groups is 1. The lowest BCUT2D eigenvalue weighted by molar-refractivity contribution is -0.116. The van der Waals surface area contributed by atoms with Gasteiger partial charge in [-0.25, -0.2) is 4.98 Å². The van der Waals surface area contributed by atoms with Gasteiger partial charge >= 0.3 is 0 Å². The molecule has 116 valence electrons. The molecule has 1 aromatic carbocycles. The number of aromatic nitrogens is 2. The van der Waals surface area contributed by atoms with E-state index in [-0.39, 0.29) is 5.91 Å². The summed E-state index contributed by atoms with van der Waals surface area (Å²) in [5.74, 6) is -0.0770. The second-order valence-electron chi connectivity index (χ2n) is 4.89. The van der Waals surface area contributed by atoms with Gasteiger partial charge in [-0.3, -0.25) is 9.78 Å². The second-order valence-corrected chi connectivity index (χ2v) is 6.16. The zero-order valence-corrected chi connectivity index (χ0v) is 13.8. The lowest BCUT2D eigenvalue weighted by atomic mass is 10.1. The summed E-state index contributed by atoms with van der Waals surface area (Å²) in [6.45, 7) is 0. The number of thiazole rings is 1. The molecule has 2 aromatic heterocycles. The number of amides is 1. The van der Waals surface area contributed by atoms with Gasteiger partial charge in [0, 0.05) is 23.0 Å². The van der Waals surface area contributed by atoms with Crippen molar-refractivity contribution in [2.75, 3.05) is 5.32 Å². The first-order valence-electron chi connectivity index (χ1n) is 7.12. The van der Waals surface area contributed by atoms with Crippen LogP contribution in [0.4, 0.5) is 5.13 Å². The van der Waals surface area contributed by atoms with Crippen LogP contribution in [0.25, 0.3) is 11.4 Å². The molecule has 0 aliphatic carbocycles. The number of nitrogens with zero attached hydrogens (tertiary/aromatic N) is 2. The number of anilines is 1. The quantitative estimate of drug-likeness (QED) is 0.745. The normalized spacial score (nSPS) is 10.5. The molecule has 0 aliphatic heterocycles. The van der Waals surface area contributed by atoms with Crippen LogP contribution in [0, 0.1) is 0 Å². The molecule has 0 atom stereocenters. The van der Waals surface area contributed by atoms with E-state index >= 15 is 0 Å². The smallest absolute Gasteiger partial charge is 0.226 e. The Hall–Kier alpha value is -2.24. The molecule has 2 heterocycles. The maximum atomic E-state index is 12.0. The number of aryl methyl sites for hydroxylation is 1. The summed E-state index contributed by atoms with van der Waals surface area (Å²) in [5.41, 5.74) is 2.52. The van der Waals surface area contributed by atoms with Gasteiger partial charge in [0.25, 0.3) is 0 Å². The second kappa shape index (κ2) is 7.35. The minimum atomic E-state index is -0.0770. The predicted octanol–water partition coefficient (Wildman–Crippen LogP) is 4.43. The van der Waals surface area contributed by atoms with Crippen molar-refractivity contribution in [1.29, 1.82) is 0 Å². The molecule has 0 radical (unpaired) electrons. The molecule has 23 heavy (non-hydrogen) atoms. The molecule has 1 N–H and O–H groups in total. The highest BCUT2D eigenvalue weighted by molar-refractivity contribution is 7.14. The van der Waals surface area contributed by atoms with Crippen LogP contribution in [0.2, 0.25) is 5.02 Å². The van der Waals surface area contributed by atoms with Crippen LogP contribution in [0.15, 0.2) is 54.0 Å². The fourth-order valence-corrected chi connectivity index (χ4v) is 3.04. The van der Waals surface area contributed by atoms with Crippen molar-refractivity contribution in [2.24, 2.45) is 0 Å². The molecule has 4 nitrogen and oxygen atoms in total. The highest BCUT2D eigenvalue weighted by atomic mass is 35.5. The molecule has 1 amide bonds. The Morgan fingerprint density at radius 3 is 2.74 bits per heavy atom. The molecule has 0 spiro atoms.